The van der Waals surface area contributed by atoms with E-state index in [9.17, 15) is 9.59 Å². The van der Waals surface area contributed by atoms with Gasteiger partial charge in [0.15, 0.2) is 0 Å². The average molecular weight is 261 g/mol. The summed E-state index contributed by atoms with van der Waals surface area (Å²) in [5.41, 5.74) is 2.05. The van der Waals surface area contributed by atoms with E-state index in [0.717, 1.165) is 22.8 Å². The SMILES string of the molecule is C=C1NC(=O)SC1n1c(=O)n(C)c2ccccc21. The fourth-order valence-corrected chi connectivity index (χ4v) is 3.05. The van der Waals surface area contributed by atoms with Crippen molar-refractivity contribution in [3.8, 4) is 0 Å². The molecule has 0 radical (unpaired) electrons. The van der Waals surface area contributed by atoms with Crippen molar-refractivity contribution in [2.24, 2.45) is 7.05 Å². The predicted octanol–water partition coefficient (Wildman–Crippen LogP) is 1.81. The highest BCUT2D eigenvalue weighted by Crippen LogP contribution is 2.35. The molecule has 1 aromatic carbocycles. The quantitative estimate of drug-likeness (QED) is 0.851. The lowest BCUT2D eigenvalue weighted by atomic mass is 10.3. The minimum Gasteiger partial charge on any atom is -0.318 e. The number of carbonyl (C=O) groups is 1. The average Bonchev–Trinajstić information content (AvgIpc) is 2.79. The number of aryl methyl sites for hydroxylation is 1. The Hall–Kier alpha value is -1.95. The second kappa shape index (κ2) is 3.78. The van der Waals surface area contributed by atoms with Crippen LogP contribution in [0.5, 0.6) is 0 Å². The first-order chi connectivity index (χ1) is 8.59. The number of carbonyl (C=O) groups excluding carboxylic acids is 1. The number of hydrogen-bond donors (Lipinski definition) is 1. The number of amides is 1. The largest absolute Gasteiger partial charge is 0.330 e. The Kier molecular flexibility index (Phi) is 2.34. The summed E-state index contributed by atoms with van der Waals surface area (Å²) < 4.78 is 3.17. The number of thioether (sulfide) groups is 1. The van der Waals surface area contributed by atoms with Gasteiger partial charge in [-0.3, -0.25) is 13.9 Å². The molecule has 5 nitrogen and oxygen atoms in total. The van der Waals surface area contributed by atoms with Crippen molar-refractivity contribution in [3.05, 3.63) is 47.0 Å². The summed E-state index contributed by atoms with van der Waals surface area (Å²) in [7, 11) is 1.72. The van der Waals surface area contributed by atoms with Crippen LogP contribution >= 0.6 is 11.8 Å². The number of benzene rings is 1. The van der Waals surface area contributed by atoms with E-state index in [1.165, 1.54) is 0 Å². The van der Waals surface area contributed by atoms with Crippen LogP contribution in [0.4, 0.5) is 4.79 Å². The molecule has 92 valence electrons. The van der Waals surface area contributed by atoms with Crippen LogP contribution in [0.15, 0.2) is 41.3 Å². The van der Waals surface area contributed by atoms with Gasteiger partial charge in [-0.05, 0) is 23.9 Å². The maximum atomic E-state index is 12.3. The van der Waals surface area contributed by atoms with Crippen molar-refractivity contribution in [3.63, 3.8) is 0 Å². The highest BCUT2D eigenvalue weighted by molar-refractivity contribution is 8.14. The van der Waals surface area contributed by atoms with Gasteiger partial charge < -0.3 is 5.32 Å². The van der Waals surface area contributed by atoms with Gasteiger partial charge in [-0.2, -0.15) is 0 Å². The van der Waals surface area contributed by atoms with Gasteiger partial charge in [0.05, 0.1) is 11.0 Å². The Morgan fingerprint density at radius 1 is 1.28 bits per heavy atom. The van der Waals surface area contributed by atoms with Crippen molar-refractivity contribution >= 4 is 28.0 Å². The first kappa shape index (κ1) is 11.2. The lowest BCUT2D eigenvalue weighted by molar-refractivity contribution is 0.263. The molecule has 1 aromatic heterocycles. The smallest absolute Gasteiger partial charge is 0.318 e. The van der Waals surface area contributed by atoms with Gasteiger partial charge in [0.1, 0.15) is 5.37 Å². The zero-order valence-electron chi connectivity index (χ0n) is 9.71. The molecule has 1 fully saturated rings. The number of para-hydroxylation sites is 2. The second-order valence-electron chi connectivity index (χ2n) is 4.11. The number of imidazole rings is 1. The minimum atomic E-state index is -0.379. The Morgan fingerprint density at radius 3 is 2.56 bits per heavy atom. The number of fused-ring (bicyclic) bond motifs is 1. The Bertz CT molecular complexity index is 728. The zero-order valence-corrected chi connectivity index (χ0v) is 10.5. The monoisotopic (exact) mass is 261 g/mol. The van der Waals surface area contributed by atoms with Crippen molar-refractivity contribution in [2.45, 2.75) is 5.37 Å². The molecule has 3 rings (SSSR count). The van der Waals surface area contributed by atoms with E-state index in [4.69, 9.17) is 0 Å². The molecule has 1 unspecified atom stereocenters. The third kappa shape index (κ3) is 1.42. The van der Waals surface area contributed by atoms with Gasteiger partial charge in [0, 0.05) is 12.7 Å². The number of nitrogens with one attached hydrogen (secondary N) is 1. The minimum absolute atomic E-state index is 0.147. The lowest BCUT2D eigenvalue weighted by Gasteiger charge is -2.10. The normalized spacial score (nSPS) is 19.5. The van der Waals surface area contributed by atoms with E-state index < -0.39 is 0 Å². The summed E-state index contributed by atoms with van der Waals surface area (Å²) in [5.74, 6) is 0. The molecule has 0 spiro atoms. The molecule has 1 atom stereocenters. The molecule has 1 saturated heterocycles. The molecule has 1 amide bonds. The highest BCUT2D eigenvalue weighted by atomic mass is 32.2. The molecule has 1 N–H and O–H groups in total. The van der Waals surface area contributed by atoms with Gasteiger partial charge in [-0.15, -0.1) is 0 Å². The maximum Gasteiger partial charge on any atom is 0.330 e. The molecular weight excluding hydrogens is 250 g/mol. The first-order valence-electron chi connectivity index (χ1n) is 5.42. The third-order valence-electron chi connectivity index (χ3n) is 3.01. The van der Waals surface area contributed by atoms with Crippen LogP contribution in [0.2, 0.25) is 0 Å². The highest BCUT2D eigenvalue weighted by Gasteiger charge is 2.31. The molecular formula is C12H11N3O2S. The predicted molar refractivity (Wildman–Crippen MR) is 71.5 cm³/mol. The van der Waals surface area contributed by atoms with Crippen LogP contribution in [0.1, 0.15) is 5.37 Å². The second-order valence-corrected chi connectivity index (χ2v) is 5.16. The van der Waals surface area contributed by atoms with Crippen molar-refractivity contribution < 1.29 is 4.79 Å². The van der Waals surface area contributed by atoms with Crippen LogP contribution in [0, 0.1) is 0 Å². The fourth-order valence-electron chi connectivity index (χ4n) is 2.15. The van der Waals surface area contributed by atoms with Crippen LogP contribution in [-0.4, -0.2) is 14.4 Å². The summed E-state index contributed by atoms with van der Waals surface area (Å²) >= 11 is 1.07. The van der Waals surface area contributed by atoms with E-state index in [-0.39, 0.29) is 16.3 Å². The molecule has 0 aliphatic carbocycles. The first-order valence-corrected chi connectivity index (χ1v) is 6.30. The van der Waals surface area contributed by atoms with E-state index >= 15 is 0 Å². The van der Waals surface area contributed by atoms with Gasteiger partial charge in [-0.25, -0.2) is 4.79 Å². The van der Waals surface area contributed by atoms with Crippen LogP contribution in [0.25, 0.3) is 11.0 Å². The van der Waals surface area contributed by atoms with Crippen molar-refractivity contribution in [2.75, 3.05) is 0 Å². The Morgan fingerprint density at radius 2 is 1.94 bits per heavy atom. The van der Waals surface area contributed by atoms with Gasteiger partial charge in [0.2, 0.25) is 0 Å². The van der Waals surface area contributed by atoms with E-state index in [0.29, 0.717) is 5.70 Å². The molecule has 1 aliphatic rings. The molecule has 6 heteroatoms. The summed E-state index contributed by atoms with van der Waals surface area (Å²) in [5, 5.41) is 2.07. The van der Waals surface area contributed by atoms with E-state index in [1.807, 2.05) is 24.3 Å². The Balaban J connectivity index is 2.30. The summed E-state index contributed by atoms with van der Waals surface area (Å²) in [6.45, 7) is 3.80. The van der Waals surface area contributed by atoms with Gasteiger partial charge in [0.25, 0.3) is 5.24 Å². The molecule has 2 heterocycles. The van der Waals surface area contributed by atoms with Crippen LogP contribution < -0.4 is 11.0 Å². The van der Waals surface area contributed by atoms with E-state index in [1.54, 1.807) is 16.2 Å². The maximum absolute atomic E-state index is 12.3. The summed E-state index contributed by atoms with van der Waals surface area (Å²) in [6, 6.07) is 7.50. The third-order valence-corrected chi connectivity index (χ3v) is 4.04. The lowest BCUT2D eigenvalue weighted by Crippen LogP contribution is -2.25. The van der Waals surface area contributed by atoms with Gasteiger partial charge in [-0.1, -0.05) is 18.7 Å². The molecule has 0 bridgehead atoms. The fraction of sp³-hybridized carbons (Fsp3) is 0.167. The standard InChI is InChI=1S/C12H11N3O2S/c1-7-10(18-11(16)13-7)15-9-6-4-3-5-8(9)14(2)12(15)17/h3-6,10H,1H2,2H3,(H,13,16). The molecule has 0 saturated carbocycles. The number of rotatable bonds is 1. The molecule has 2 aromatic rings. The number of nitrogens with zero attached hydrogens (tertiary/aromatic N) is 2. The molecule has 18 heavy (non-hydrogen) atoms. The topological polar surface area (TPSA) is 56.0 Å². The van der Waals surface area contributed by atoms with Crippen LogP contribution in [-0.2, 0) is 7.05 Å². The van der Waals surface area contributed by atoms with Gasteiger partial charge >= 0.3 is 5.69 Å². The van der Waals surface area contributed by atoms with E-state index in [2.05, 4.69) is 11.9 Å². The summed E-state index contributed by atoms with van der Waals surface area (Å²) in [4.78, 5) is 23.6. The summed E-state index contributed by atoms with van der Waals surface area (Å²) in [6.07, 6.45) is 0. The van der Waals surface area contributed by atoms with Crippen molar-refractivity contribution in [1.29, 1.82) is 0 Å². The number of hydrogen-bond acceptors (Lipinski definition) is 3. The van der Waals surface area contributed by atoms with Crippen LogP contribution in [0.3, 0.4) is 0 Å². The zero-order chi connectivity index (χ0) is 12.9. The van der Waals surface area contributed by atoms with Crippen molar-refractivity contribution in [1.82, 2.24) is 14.5 Å². The Labute approximate surface area is 107 Å². The number of aromatic nitrogens is 2. The molecule has 1 aliphatic heterocycles.